The number of nitrogens with zero attached hydrogens (tertiary/aromatic N) is 1. The Kier molecular flexibility index (Phi) is 5.94. The summed E-state index contributed by atoms with van der Waals surface area (Å²) in [5.41, 5.74) is -0.977. The molecule has 0 aromatic carbocycles. The molecule has 1 aliphatic heterocycles. The van der Waals surface area contributed by atoms with Gasteiger partial charge >= 0.3 is 12.4 Å². The molecule has 3 unspecified atom stereocenters. The van der Waals surface area contributed by atoms with Gasteiger partial charge in [0.15, 0.2) is 0 Å². The summed E-state index contributed by atoms with van der Waals surface area (Å²) >= 11 is 4.91. The quantitative estimate of drug-likeness (QED) is 0.729. The van der Waals surface area contributed by atoms with Crippen molar-refractivity contribution in [1.29, 1.82) is 0 Å². The maximum absolute atomic E-state index is 11.8. The minimum absolute atomic E-state index is 0.0368. The fourth-order valence-corrected chi connectivity index (χ4v) is 4.11. The van der Waals surface area contributed by atoms with Crippen molar-refractivity contribution in [2.45, 2.75) is 45.6 Å². The van der Waals surface area contributed by atoms with Crippen LogP contribution in [0, 0.1) is 5.92 Å². The first-order valence-corrected chi connectivity index (χ1v) is 9.89. The third kappa shape index (κ3) is 5.07. The van der Waals surface area contributed by atoms with Gasteiger partial charge < -0.3 is 18.7 Å². The largest absolute Gasteiger partial charge is 0.352 e. The van der Waals surface area contributed by atoms with Gasteiger partial charge in [0.2, 0.25) is 0 Å². The van der Waals surface area contributed by atoms with Gasteiger partial charge in [-0.15, -0.1) is 0 Å². The Labute approximate surface area is 138 Å². The van der Waals surface area contributed by atoms with Gasteiger partial charge in [-0.1, -0.05) is 6.92 Å². The molecule has 0 saturated carbocycles. The van der Waals surface area contributed by atoms with Gasteiger partial charge in [0.05, 0.1) is 18.8 Å². The lowest BCUT2D eigenvalue weighted by Crippen LogP contribution is -2.33. The lowest BCUT2D eigenvalue weighted by atomic mass is 10.1. The topological polar surface area (TPSA) is 103 Å². The van der Waals surface area contributed by atoms with Gasteiger partial charge in [-0.25, -0.2) is 4.79 Å². The number of H-pyrrole nitrogens is 1. The number of ether oxygens (including phenoxy) is 1. The molecule has 1 aromatic heterocycles. The summed E-state index contributed by atoms with van der Waals surface area (Å²) in [4.78, 5) is 35.1. The maximum Gasteiger partial charge on any atom is 0.330 e. The van der Waals surface area contributed by atoms with Crippen molar-refractivity contribution in [2.24, 2.45) is 5.92 Å². The van der Waals surface area contributed by atoms with E-state index < -0.39 is 24.2 Å². The van der Waals surface area contributed by atoms with Crippen LogP contribution in [0.25, 0.3) is 0 Å². The summed E-state index contributed by atoms with van der Waals surface area (Å²) in [6.07, 6.45) is 0.980. The second-order valence-electron chi connectivity index (χ2n) is 5.80. The molecule has 0 spiro atoms. The van der Waals surface area contributed by atoms with E-state index in [1.54, 1.807) is 13.8 Å². The fourth-order valence-electron chi connectivity index (χ4n) is 2.47. The van der Waals surface area contributed by atoms with Crippen LogP contribution in [0.5, 0.6) is 0 Å². The molecule has 1 saturated heterocycles. The van der Waals surface area contributed by atoms with E-state index in [9.17, 15) is 14.5 Å². The lowest BCUT2D eigenvalue weighted by molar-refractivity contribution is -0.0326. The predicted molar refractivity (Wildman–Crippen MR) is 87.7 cm³/mol. The number of rotatable bonds is 6. The Morgan fingerprint density at radius 2 is 2.26 bits per heavy atom. The zero-order chi connectivity index (χ0) is 17.2. The van der Waals surface area contributed by atoms with Gasteiger partial charge in [0, 0.05) is 18.2 Å². The molecule has 1 aromatic rings. The van der Waals surface area contributed by atoms with E-state index in [4.69, 9.17) is 25.6 Å². The third-order valence-corrected chi connectivity index (χ3v) is 5.08. The van der Waals surface area contributed by atoms with E-state index in [2.05, 4.69) is 4.98 Å². The first-order chi connectivity index (χ1) is 10.7. The standard InChI is InChI=1S/C13H21N2O6PS/c1-8(2)21-22(18,23)19-7-10-6-9(3)12(20-10)15-5-4-11(16)14-13(15)17/h4-5,8-10,12H,6-7H2,1-3H3,(H,18,23)(H,14,16,17)/t9?,10-,12?,22?/m0/s1. The Bertz CT molecular complexity index is 702. The van der Waals surface area contributed by atoms with Crippen molar-refractivity contribution in [3.63, 3.8) is 0 Å². The first-order valence-electron chi connectivity index (χ1n) is 7.30. The SMILES string of the molecule is CC(C)OP(O)(=S)OC[C@@H]1CC(C)C(n2ccc(=O)[nH]c2=O)O1. The third-order valence-electron chi connectivity index (χ3n) is 3.35. The van der Waals surface area contributed by atoms with Crippen LogP contribution >= 0.6 is 6.72 Å². The molecule has 0 amide bonds. The second kappa shape index (κ2) is 7.38. The molecule has 2 heterocycles. The molecule has 1 aliphatic rings. The Hall–Kier alpha value is -0.830. The molecule has 2 rings (SSSR count). The summed E-state index contributed by atoms with van der Waals surface area (Å²) in [5.74, 6) is 0.0368. The van der Waals surface area contributed by atoms with Crippen LogP contribution in [0.4, 0.5) is 0 Å². The maximum atomic E-state index is 11.8. The van der Waals surface area contributed by atoms with E-state index in [0.717, 1.165) is 0 Å². The predicted octanol–water partition coefficient (Wildman–Crippen LogP) is 1.12. The second-order valence-corrected chi connectivity index (χ2v) is 8.59. The van der Waals surface area contributed by atoms with Crippen molar-refractivity contribution in [3.8, 4) is 0 Å². The smallest absolute Gasteiger partial charge is 0.330 e. The number of aromatic amines is 1. The zero-order valence-electron chi connectivity index (χ0n) is 13.2. The summed E-state index contributed by atoms with van der Waals surface area (Å²) in [7, 11) is 0. The first kappa shape index (κ1) is 18.5. The lowest BCUT2D eigenvalue weighted by Gasteiger charge is -2.21. The average Bonchev–Trinajstić information content (AvgIpc) is 2.76. The zero-order valence-corrected chi connectivity index (χ0v) is 14.9. The van der Waals surface area contributed by atoms with Gasteiger partial charge in [-0.2, -0.15) is 0 Å². The number of nitrogens with one attached hydrogen (secondary N) is 1. The van der Waals surface area contributed by atoms with E-state index >= 15 is 0 Å². The molecular weight excluding hydrogens is 343 g/mol. The molecule has 0 bridgehead atoms. The Morgan fingerprint density at radius 1 is 1.57 bits per heavy atom. The van der Waals surface area contributed by atoms with Gasteiger partial charge in [-0.05, 0) is 32.1 Å². The van der Waals surface area contributed by atoms with Crippen molar-refractivity contribution in [1.82, 2.24) is 9.55 Å². The van der Waals surface area contributed by atoms with Crippen LogP contribution in [0.3, 0.4) is 0 Å². The van der Waals surface area contributed by atoms with Crippen LogP contribution in [-0.4, -0.2) is 33.3 Å². The summed E-state index contributed by atoms with van der Waals surface area (Å²) in [6.45, 7) is 2.24. The molecule has 1 fully saturated rings. The van der Waals surface area contributed by atoms with Crippen molar-refractivity contribution >= 4 is 18.5 Å². The van der Waals surface area contributed by atoms with E-state index in [0.29, 0.717) is 6.42 Å². The molecule has 130 valence electrons. The molecule has 8 nitrogen and oxygen atoms in total. The highest BCUT2D eigenvalue weighted by Crippen LogP contribution is 2.46. The number of aromatic nitrogens is 2. The highest BCUT2D eigenvalue weighted by molar-refractivity contribution is 8.07. The highest BCUT2D eigenvalue weighted by atomic mass is 32.5. The van der Waals surface area contributed by atoms with Crippen LogP contribution in [0.1, 0.15) is 33.4 Å². The summed E-state index contributed by atoms with van der Waals surface area (Å²) in [6, 6.07) is 1.27. The van der Waals surface area contributed by atoms with Crippen LogP contribution in [0.2, 0.25) is 0 Å². The minimum atomic E-state index is -3.29. The van der Waals surface area contributed by atoms with Crippen LogP contribution in [-0.2, 0) is 25.6 Å². The van der Waals surface area contributed by atoms with Crippen LogP contribution < -0.4 is 11.2 Å². The number of hydrogen-bond donors (Lipinski definition) is 2. The highest BCUT2D eigenvalue weighted by Gasteiger charge is 2.35. The normalized spacial score (nSPS) is 27.3. The Morgan fingerprint density at radius 3 is 2.87 bits per heavy atom. The number of hydrogen-bond acceptors (Lipinski definition) is 6. The van der Waals surface area contributed by atoms with Crippen LogP contribution in [0.15, 0.2) is 21.9 Å². The molecule has 2 N–H and O–H groups in total. The van der Waals surface area contributed by atoms with Gasteiger partial charge in [0.1, 0.15) is 6.23 Å². The fraction of sp³-hybridized carbons (Fsp3) is 0.692. The van der Waals surface area contributed by atoms with E-state index in [1.807, 2.05) is 6.92 Å². The molecule has 0 radical (unpaired) electrons. The minimum Gasteiger partial charge on any atom is -0.352 e. The van der Waals surface area contributed by atoms with Crippen molar-refractivity contribution in [2.75, 3.05) is 6.61 Å². The monoisotopic (exact) mass is 364 g/mol. The Balaban J connectivity index is 2.00. The molecule has 23 heavy (non-hydrogen) atoms. The van der Waals surface area contributed by atoms with Gasteiger partial charge in [-0.3, -0.25) is 14.3 Å². The van der Waals surface area contributed by atoms with Crippen molar-refractivity contribution < 1.29 is 18.7 Å². The molecule has 10 heteroatoms. The molecule has 4 atom stereocenters. The van der Waals surface area contributed by atoms with E-state index in [-0.39, 0.29) is 24.7 Å². The summed E-state index contributed by atoms with van der Waals surface area (Å²) in [5, 5.41) is 0. The van der Waals surface area contributed by atoms with Crippen molar-refractivity contribution in [3.05, 3.63) is 33.1 Å². The molecular formula is C13H21N2O6PS. The van der Waals surface area contributed by atoms with E-state index in [1.165, 1.54) is 16.8 Å². The average molecular weight is 364 g/mol. The summed E-state index contributed by atoms with van der Waals surface area (Å²) < 4.78 is 17.6. The molecule has 0 aliphatic carbocycles. The van der Waals surface area contributed by atoms with Gasteiger partial charge in [0.25, 0.3) is 5.56 Å².